The van der Waals surface area contributed by atoms with Gasteiger partial charge < -0.3 is 15.1 Å². The second-order valence-electron chi connectivity index (χ2n) is 11.0. The first-order valence-corrected chi connectivity index (χ1v) is 11.5. The Morgan fingerprint density at radius 1 is 0.970 bits per heavy atom. The zero-order valence-corrected chi connectivity index (χ0v) is 20.1. The molecule has 2 aliphatic rings. The van der Waals surface area contributed by atoms with Crippen LogP contribution in [0.1, 0.15) is 58.6 Å². The highest BCUT2D eigenvalue weighted by Gasteiger charge is 2.63. The molecule has 1 saturated heterocycles. The van der Waals surface area contributed by atoms with E-state index in [1.54, 1.807) is 11.0 Å². The summed E-state index contributed by atoms with van der Waals surface area (Å²) < 4.78 is 0. The monoisotopic (exact) mass is 447 g/mol. The summed E-state index contributed by atoms with van der Waals surface area (Å²) in [5, 5.41) is 3.14. The van der Waals surface area contributed by atoms with Gasteiger partial charge in [-0.3, -0.25) is 14.4 Å². The second-order valence-corrected chi connectivity index (χ2v) is 11.0. The molecule has 2 heterocycles. The molecule has 0 aromatic heterocycles. The van der Waals surface area contributed by atoms with Gasteiger partial charge in [-0.1, -0.05) is 69.3 Å². The van der Waals surface area contributed by atoms with E-state index in [4.69, 9.17) is 0 Å². The number of nitrogens with one attached hydrogen (secondary N) is 1. The van der Waals surface area contributed by atoms with Crippen LogP contribution in [0.3, 0.4) is 0 Å². The Balaban J connectivity index is 1.79. The minimum absolute atomic E-state index is 0.0204. The zero-order valence-electron chi connectivity index (χ0n) is 20.1. The van der Waals surface area contributed by atoms with Crippen molar-refractivity contribution >= 4 is 23.4 Å². The SMILES string of the molecule is CC(C)(C)CC(C)(C)NC(=O)C1(N2CCC2=O)C(=O)N(Cc2ccccc2)c2ccccc21. The van der Waals surface area contributed by atoms with Crippen LogP contribution in [-0.2, 0) is 26.5 Å². The van der Waals surface area contributed by atoms with E-state index in [0.29, 0.717) is 30.8 Å². The Labute approximate surface area is 196 Å². The van der Waals surface area contributed by atoms with Crippen molar-refractivity contribution in [1.29, 1.82) is 0 Å². The van der Waals surface area contributed by atoms with Crippen molar-refractivity contribution in [1.82, 2.24) is 10.2 Å². The molecule has 33 heavy (non-hydrogen) atoms. The van der Waals surface area contributed by atoms with E-state index in [1.807, 2.05) is 62.4 Å². The summed E-state index contributed by atoms with van der Waals surface area (Å²) in [5.74, 6) is -0.981. The molecule has 2 aromatic rings. The summed E-state index contributed by atoms with van der Waals surface area (Å²) in [4.78, 5) is 44.0. The average molecular weight is 448 g/mol. The van der Waals surface area contributed by atoms with Crippen LogP contribution in [0.25, 0.3) is 0 Å². The molecule has 4 rings (SSSR count). The lowest BCUT2D eigenvalue weighted by molar-refractivity contribution is -0.163. The number of hydrogen-bond donors (Lipinski definition) is 1. The van der Waals surface area contributed by atoms with Crippen LogP contribution in [-0.4, -0.2) is 34.7 Å². The Morgan fingerprint density at radius 3 is 2.18 bits per heavy atom. The van der Waals surface area contributed by atoms with Gasteiger partial charge in [0, 0.05) is 24.1 Å². The fourth-order valence-electron chi connectivity index (χ4n) is 5.40. The third-order valence-electron chi connectivity index (χ3n) is 6.33. The highest BCUT2D eigenvalue weighted by Crippen LogP contribution is 2.47. The van der Waals surface area contributed by atoms with Crippen molar-refractivity contribution in [3.8, 4) is 0 Å². The van der Waals surface area contributed by atoms with Gasteiger partial charge in [0.25, 0.3) is 11.8 Å². The summed E-state index contributed by atoms with van der Waals surface area (Å²) in [5.41, 5.74) is -0.0560. The molecule has 1 fully saturated rings. The summed E-state index contributed by atoms with van der Waals surface area (Å²) in [6.07, 6.45) is 1.06. The number of nitrogens with zero attached hydrogens (tertiary/aromatic N) is 2. The van der Waals surface area contributed by atoms with E-state index in [-0.39, 0.29) is 17.2 Å². The quantitative estimate of drug-likeness (QED) is 0.538. The van der Waals surface area contributed by atoms with Crippen molar-refractivity contribution < 1.29 is 14.4 Å². The summed E-state index contributed by atoms with van der Waals surface area (Å²) in [6.45, 7) is 11.0. The van der Waals surface area contributed by atoms with Crippen LogP contribution >= 0.6 is 0 Å². The Kier molecular flexibility index (Phi) is 5.59. The number of carbonyl (C=O) groups excluding carboxylic acids is 3. The molecular formula is C27H33N3O3. The number of fused-ring (bicyclic) bond motifs is 1. The van der Waals surface area contributed by atoms with E-state index in [9.17, 15) is 14.4 Å². The fraction of sp³-hybridized carbons (Fsp3) is 0.444. The molecule has 3 amide bonds. The van der Waals surface area contributed by atoms with E-state index >= 15 is 0 Å². The predicted octanol–water partition coefficient (Wildman–Crippen LogP) is 3.99. The number of hydrogen-bond acceptors (Lipinski definition) is 3. The molecule has 0 aliphatic carbocycles. The highest BCUT2D eigenvalue weighted by molar-refractivity contribution is 6.23. The van der Waals surface area contributed by atoms with Gasteiger partial charge in [-0.15, -0.1) is 0 Å². The van der Waals surface area contributed by atoms with E-state index in [0.717, 1.165) is 12.0 Å². The molecule has 6 heteroatoms. The molecule has 1 unspecified atom stereocenters. The first kappa shape index (κ1) is 23.0. The van der Waals surface area contributed by atoms with E-state index in [2.05, 4.69) is 26.1 Å². The van der Waals surface area contributed by atoms with Crippen LogP contribution in [0, 0.1) is 5.41 Å². The Hall–Kier alpha value is -3.15. The topological polar surface area (TPSA) is 69.7 Å². The van der Waals surface area contributed by atoms with Gasteiger partial charge in [0.1, 0.15) is 0 Å². The maximum atomic E-state index is 14.2. The van der Waals surface area contributed by atoms with Crippen molar-refractivity contribution in [2.75, 3.05) is 11.4 Å². The van der Waals surface area contributed by atoms with Crippen molar-refractivity contribution in [3.63, 3.8) is 0 Å². The Bertz CT molecular complexity index is 1090. The lowest BCUT2D eigenvalue weighted by Gasteiger charge is -2.45. The maximum absolute atomic E-state index is 14.2. The van der Waals surface area contributed by atoms with E-state index in [1.165, 1.54) is 4.90 Å². The van der Waals surface area contributed by atoms with Gasteiger partial charge in [-0.25, -0.2) is 0 Å². The number of likely N-dealkylation sites (tertiary alicyclic amines) is 1. The number of para-hydroxylation sites is 1. The van der Waals surface area contributed by atoms with Gasteiger partial charge in [0.15, 0.2) is 0 Å². The highest BCUT2D eigenvalue weighted by atomic mass is 16.2. The minimum Gasteiger partial charge on any atom is -0.348 e. The number of β-lactam (4-membered cyclic amide) rings is 1. The van der Waals surface area contributed by atoms with Crippen molar-refractivity contribution in [2.24, 2.45) is 5.41 Å². The second kappa shape index (κ2) is 8.01. The van der Waals surface area contributed by atoms with Crippen molar-refractivity contribution in [3.05, 3.63) is 65.7 Å². The van der Waals surface area contributed by atoms with Crippen LogP contribution in [0.15, 0.2) is 54.6 Å². The molecule has 2 aliphatic heterocycles. The van der Waals surface area contributed by atoms with Crippen LogP contribution in [0.5, 0.6) is 0 Å². The molecule has 0 radical (unpaired) electrons. The lowest BCUT2D eigenvalue weighted by atomic mass is 9.80. The third kappa shape index (κ3) is 4.03. The maximum Gasteiger partial charge on any atom is 0.267 e. The molecule has 6 nitrogen and oxygen atoms in total. The number of amides is 3. The average Bonchev–Trinajstić information content (AvgIpc) is 2.95. The minimum atomic E-state index is -1.68. The standard InChI is InChI=1S/C27H33N3O3/c1-25(2,3)18-26(4,5)28-23(32)27(30-16-15-22(30)31)20-13-9-10-14-21(20)29(24(27)33)17-19-11-7-6-8-12-19/h6-14H,15-18H2,1-5H3,(H,28,32). The van der Waals surface area contributed by atoms with Crippen molar-refractivity contribution in [2.45, 2.75) is 65.1 Å². The molecule has 0 bridgehead atoms. The van der Waals surface area contributed by atoms with Crippen LogP contribution in [0.2, 0.25) is 0 Å². The number of anilines is 1. The summed E-state index contributed by atoms with van der Waals surface area (Å²) in [6, 6.07) is 17.0. The largest absolute Gasteiger partial charge is 0.348 e. The first-order valence-electron chi connectivity index (χ1n) is 11.5. The number of benzene rings is 2. The summed E-state index contributed by atoms with van der Waals surface area (Å²) in [7, 11) is 0. The van der Waals surface area contributed by atoms with E-state index < -0.39 is 17.0 Å². The van der Waals surface area contributed by atoms with Gasteiger partial charge in [0.05, 0.1) is 12.2 Å². The molecule has 174 valence electrons. The van der Waals surface area contributed by atoms with Gasteiger partial charge in [-0.2, -0.15) is 0 Å². The molecule has 2 aromatic carbocycles. The third-order valence-corrected chi connectivity index (χ3v) is 6.33. The van der Waals surface area contributed by atoms with Gasteiger partial charge in [-0.05, 0) is 37.3 Å². The smallest absolute Gasteiger partial charge is 0.267 e. The molecule has 1 atom stereocenters. The molecular weight excluding hydrogens is 414 g/mol. The molecule has 0 saturated carbocycles. The first-order chi connectivity index (χ1) is 15.5. The van der Waals surface area contributed by atoms with Crippen LogP contribution < -0.4 is 10.2 Å². The molecule has 0 spiro atoms. The lowest BCUT2D eigenvalue weighted by Crippen LogP contribution is -2.68. The normalized spacial score (nSPS) is 20.5. The van der Waals surface area contributed by atoms with Crippen LogP contribution in [0.4, 0.5) is 5.69 Å². The molecule has 1 N–H and O–H groups in total. The summed E-state index contributed by atoms with van der Waals surface area (Å²) >= 11 is 0. The Morgan fingerprint density at radius 2 is 1.61 bits per heavy atom. The number of rotatable bonds is 6. The fourth-order valence-corrected chi connectivity index (χ4v) is 5.40. The number of carbonyl (C=O) groups is 3. The zero-order chi connectivity index (χ0) is 24.0. The predicted molar refractivity (Wildman–Crippen MR) is 128 cm³/mol. The van der Waals surface area contributed by atoms with Gasteiger partial charge >= 0.3 is 0 Å². The van der Waals surface area contributed by atoms with Gasteiger partial charge in [0.2, 0.25) is 11.4 Å².